The largest absolute Gasteiger partial charge is 0.496 e. The number of carbonyl (C=O) groups is 1. The lowest BCUT2D eigenvalue weighted by Crippen LogP contribution is -2.50. The van der Waals surface area contributed by atoms with E-state index in [0.717, 1.165) is 0 Å². The zero-order valence-electron chi connectivity index (χ0n) is 20.2. The summed E-state index contributed by atoms with van der Waals surface area (Å²) in [6.07, 6.45) is -1.95. The SMILES string of the molecule is COc1c(CCn2nc(C(F)F)c3c(N)ncnc32)cc(Cl)c(F)c1C1CN(C(=O)OC(C)(C)C)C1. The summed E-state index contributed by atoms with van der Waals surface area (Å²) in [6.45, 7) is 5.89. The van der Waals surface area contributed by atoms with Crippen LogP contribution in [0.3, 0.4) is 0 Å². The Kier molecular flexibility index (Phi) is 6.91. The zero-order chi connectivity index (χ0) is 26.4. The van der Waals surface area contributed by atoms with Crippen molar-refractivity contribution >= 4 is 34.5 Å². The molecule has 1 amide bonds. The van der Waals surface area contributed by atoms with Crippen molar-refractivity contribution in [3.05, 3.63) is 40.1 Å². The number of rotatable bonds is 6. The molecular formula is C23H26ClF3N6O3. The smallest absolute Gasteiger partial charge is 0.410 e. The lowest BCUT2D eigenvalue weighted by atomic mass is 9.88. The molecule has 1 aliphatic rings. The highest BCUT2D eigenvalue weighted by Crippen LogP contribution is 2.41. The van der Waals surface area contributed by atoms with Crippen LogP contribution in [0.25, 0.3) is 11.0 Å². The van der Waals surface area contributed by atoms with Crippen LogP contribution in [0.15, 0.2) is 12.4 Å². The number of methoxy groups -OCH3 is 1. The maximum atomic E-state index is 15.1. The summed E-state index contributed by atoms with van der Waals surface area (Å²) in [6, 6.07) is 1.44. The number of halogens is 4. The lowest BCUT2D eigenvalue weighted by Gasteiger charge is -2.40. The quantitative estimate of drug-likeness (QED) is 0.495. The zero-order valence-corrected chi connectivity index (χ0v) is 20.9. The molecule has 3 aromatic rings. The summed E-state index contributed by atoms with van der Waals surface area (Å²) in [5, 5.41) is 3.87. The standard InChI is InChI=1S/C23H26ClF3N6O3/c1-23(2,3)36-22(34)32-8-12(9-32)14-16(25)13(24)7-11(18(14)35-4)5-6-33-21-15(17(31-33)19(26)27)20(28)29-10-30-21/h7,10,12,19H,5-6,8-9H2,1-4H3,(H2,28,29,30). The second-order valence-corrected chi connectivity index (χ2v) is 9.88. The van der Waals surface area contributed by atoms with Crippen LogP contribution >= 0.6 is 11.6 Å². The minimum absolute atomic E-state index is 0.00556. The van der Waals surface area contributed by atoms with Gasteiger partial charge in [-0.25, -0.2) is 32.6 Å². The predicted molar refractivity (Wildman–Crippen MR) is 127 cm³/mol. The van der Waals surface area contributed by atoms with Gasteiger partial charge in [0.15, 0.2) is 5.65 Å². The maximum Gasteiger partial charge on any atom is 0.410 e. The Hall–Kier alpha value is -3.28. The molecule has 0 bridgehead atoms. The van der Waals surface area contributed by atoms with Crippen molar-refractivity contribution in [1.29, 1.82) is 0 Å². The van der Waals surface area contributed by atoms with Gasteiger partial charge in [-0.15, -0.1) is 0 Å². The van der Waals surface area contributed by atoms with E-state index in [4.69, 9.17) is 26.8 Å². The molecule has 194 valence electrons. The van der Waals surface area contributed by atoms with E-state index in [9.17, 15) is 13.6 Å². The van der Waals surface area contributed by atoms with E-state index in [1.54, 1.807) is 20.8 Å². The predicted octanol–water partition coefficient (Wildman–Crippen LogP) is 4.72. The van der Waals surface area contributed by atoms with E-state index in [2.05, 4.69) is 15.1 Å². The molecule has 0 aliphatic carbocycles. The van der Waals surface area contributed by atoms with E-state index in [0.29, 0.717) is 5.56 Å². The lowest BCUT2D eigenvalue weighted by molar-refractivity contribution is 0.00769. The molecule has 0 unspecified atom stereocenters. The molecule has 0 spiro atoms. The monoisotopic (exact) mass is 526 g/mol. The van der Waals surface area contributed by atoms with Crippen LogP contribution in [0.1, 0.15) is 49.9 Å². The van der Waals surface area contributed by atoms with E-state index in [1.165, 1.54) is 29.1 Å². The van der Waals surface area contributed by atoms with Crippen LogP contribution in [-0.2, 0) is 17.7 Å². The number of aromatic nitrogens is 4. The van der Waals surface area contributed by atoms with Crippen LogP contribution in [0.4, 0.5) is 23.8 Å². The number of nitrogens with zero attached hydrogens (tertiary/aromatic N) is 5. The molecule has 1 saturated heterocycles. The third-order valence-electron chi connectivity index (χ3n) is 5.81. The van der Waals surface area contributed by atoms with Gasteiger partial charge < -0.3 is 20.1 Å². The molecular weight excluding hydrogens is 501 g/mol. The number of carbonyl (C=O) groups excluding carboxylic acids is 1. The van der Waals surface area contributed by atoms with Gasteiger partial charge in [-0.05, 0) is 38.8 Å². The Balaban J connectivity index is 1.60. The average molecular weight is 527 g/mol. The summed E-state index contributed by atoms with van der Waals surface area (Å²) in [4.78, 5) is 21.6. The third kappa shape index (κ3) is 4.86. The fourth-order valence-electron chi connectivity index (χ4n) is 4.20. The third-order valence-corrected chi connectivity index (χ3v) is 6.09. The van der Waals surface area contributed by atoms with Gasteiger partial charge in [0.2, 0.25) is 0 Å². The molecule has 2 N–H and O–H groups in total. The Morgan fingerprint density at radius 1 is 1.31 bits per heavy atom. The van der Waals surface area contributed by atoms with Crippen LogP contribution in [0.5, 0.6) is 5.75 Å². The Morgan fingerprint density at radius 2 is 2.00 bits per heavy atom. The number of benzene rings is 1. The van der Waals surface area contributed by atoms with Gasteiger partial charge in [0.25, 0.3) is 6.43 Å². The maximum absolute atomic E-state index is 15.1. The van der Waals surface area contributed by atoms with Crippen LogP contribution in [-0.4, -0.2) is 56.5 Å². The Morgan fingerprint density at radius 3 is 2.61 bits per heavy atom. The molecule has 3 heterocycles. The van der Waals surface area contributed by atoms with Crippen LogP contribution < -0.4 is 10.5 Å². The number of aryl methyl sites for hydroxylation is 2. The van der Waals surface area contributed by atoms with E-state index in [1.807, 2.05) is 0 Å². The number of ether oxygens (including phenoxy) is 2. The van der Waals surface area contributed by atoms with Crippen molar-refractivity contribution in [1.82, 2.24) is 24.6 Å². The normalized spacial score (nSPS) is 14.4. The number of anilines is 1. The molecule has 4 rings (SSSR count). The number of hydrogen-bond acceptors (Lipinski definition) is 7. The van der Waals surface area contributed by atoms with Crippen LogP contribution in [0, 0.1) is 5.82 Å². The number of nitrogen functional groups attached to an aromatic ring is 1. The summed E-state index contributed by atoms with van der Waals surface area (Å²) in [5.41, 5.74) is 5.60. The molecule has 0 saturated carbocycles. The molecule has 9 nitrogen and oxygen atoms in total. The van der Waals surface area contributed by atoms with Crippen molar-refractivity contribution in [2.45, 2.75) is 51.7 Å². The molecule has 1 aliphatic heterocycles. The summed E-state index contributed by atoms with van der Waals surface area (Å²) in [7, 11) is 1.41. The molecule has 0 radical (unpaired) electrons. The van der Waals surface area contributed by atoms with Crippen molar-refractivity contribution in [2.75, 3.05) is 25.9 Å². The first-order valence-corrected chi connectivity index (χ1v) is 11.6. The van der Waals surface area contributed by atoms with E-state index < -0.39 is 29.6 Å². The van der Waals surface area contributed by atoms with Crippen molar-refractivity contribution < 1.29 is 27.4 Å². The highest BCUT2D eigenvalue weighted by Gasteiger charge is 2.38. The molecule has 1 fully saturated rings. The highest BCUT2D eigenvalue weighted by molar-refractivity contribution is 6.31. The van der Waals surface area contributed by atoms with E-state index >= 15 is 4.39 Å². The number of amides is 1. The van der Waals surface area contributed by atoms with Crippen LogP contribution in [0.2, 0.25) is 5.02 Å². The molecule has 1 aromatic carbocycles. The van der Waals surface area contributed by atoms with Gasteiger partial charge in [-0.2, -0.15) is 5.10 Å². The first-order chi connectivity index (χ1) is 16.9. The van der Waals surface area contributed by atoms with Gasteiger partial charge in [-0.1, -0.05) is 11.6 Å². The summed E-state index contributed by atoms with van der Waals surface area (Å²) in [5.74, 6) is -0.791. The molecule has 0 atom stereocenters. The number of fused-ring (bicyclic) bond motifs is 1. The van der Waals surface area contributed by atoms with Gasteiger partial charge in [0.05, 0.1) is 17.5 Å². The number of likely N-dealkylation sites (tertiary alicyclic amines) is 1. The highest BCUT2D eigenvalue weighted by atomic mass is 35.5. The number of hydrogen-bond donors (Lipinski definition) is 1. The summed E-state index contributed by atoms with van der Waals surface area (Å²) < 4.78 is 54.4. The Bertz CT molecular complexity index is 1300. The minimum atomic E-state index is -2.87. The topological polar surface area (TPSA) is 108 Å². The minimum Gasteiger partial charge on any atom is -0.496 e. The summed E-state index contributed by atoms with van der Waals surface area (Å²) >= 11 is 6.21. The van der Waals surface area contributed by atoms with Gasteiger partial charge in [-0.3, -0.25) is 0 Å². The Labute approximate surface area is 210 Å². The fourth-order valence-corrected chi connectivity index (χ4v) is 4.44. The fraction of sp³-hybridized carbons (Fsp3) is 0.478. The van der Waals surface area contributed by atoms with Gasteiger partial charge in [0.1, 0.15) is 35.0 Å². The second kappa shape index (κ2) is 9.64. The number of alkyl halides is 2. The van der Waals surface area contributed by atoms with Gasteiger partial charge >= 0.3 is 6.09 Å². The number of nitrogens with two attached hydrogens (primary N) is 1. The van der Waals surface area contributed by atoms with Crippen molar-refractivity contribution in [3.8, 4) is 5.75 Å². The van der Waals surface area contributed by atoms with Gasteiger partial charge in [0, 0.05) is 31.1 Å². The molecule has 36 heavy (non-hydrogen) atoms. The second-order valence-electron chi connectivity index (χ2n) is 9.48. The van der Waals surface area contributed by atoms with E-state index in [-0.39, 0.29) is 65.2 Å². The first-order valence-electron chi connectivity index (χ1n) is 11.2. The first kappa shape index (κ1) is 25.8. The molecule has 13 heteroatoms. The van der Waals surface area contributed by atoms with Crippen molar-refractivity contribution in [2.24, 2.45) is 0 Å². The van der Waals surface area contributed by atoms with Crippen molar-refractivity contribution in [3.63, 3.8) is 0 Å². The average Bonchev–Trinajstić information content (AvgIpc) is 3.13. The molecule has 2 aromatic heterocycles.